The summed E-state index contributed by atoms with van der Waals surface area (Å²) in [4.78, 5) is 36.1. The van der Waals surface area contributed by atoms with Crippen molar-refractivity contribution < 1.29 is 28.2 Å². The van der Waals surface area contributed by atoms with Gasteiger partial charge in [0.05, 0.1) is 0 Å². The molecule has 1 atom stereocenters. The molecule has 0 spiro atoms. The normalized spacial score (nSPS) is 14.0. The number of hydrogen-bond acceptors (Lipinski definition) is 9. The molecule has 13 heteroatoms. The highest BCUT2D eigenvalue weighted by molar-refractivity contribution is 14.1. The second-order valence-electron chi connectivity index (χ2n) is 8.79. The number of carbonyl (C=O) groups is 2. The van der Waals surface area contributed by atoms with Gasteiger partial charge in [-0.25, -0.2) is 4.98 Å². The lowest BCUT2D eigenvalue weighted by Crippen LogP contribution is -2.45. The van der Waals surface area contributed by atoms with E-state index in [1.54, 1.807) is 4.57 Å². The summed E-state index contributed by atoms with van der Waals surface area (Å²) in [5.74, 6) is -0.529. The number of amides is 1. The zero-order valence-corrected chi connectivity index (χ0v) is 22.6. The Labute approximate surface area is 225 Å². The van der Waals surface area contributed by atoms with E-state index in [-0.39, 0.29) is 30.3 Å². The van der Waals surface area contributed by atoms with Crippen LogP contribution in [0.3, 0.4) is 0 Å². The van der Waals surface area contributed by atoms with Crippen LogP contribution in [0.1, 0.15) is 44.5 Å². The van der Waals surface area contributed by atoms with Gasteiger partial charge in [0, 0.05) is 23.6 Å². The summed E-state index contributed by atoms with van der Waals surface area (Å²) in [6.07, 6.45) is 0.991. The second-order valence-corrected chi connectivity index (χ2v) is 9.95. The SMILES string of the molecule is CC(=O)OC(C)(C)C(=O)NCCCn1c(C(C2=COCO2)c2ccccc2I)nc2c(N)nc(F)nc21. The monoisotopic (exact) mass is 624 g/mol. The molecular formula is C24H26FIN6O5. The van der Waals surface area contributed by atoms with Crippen LogP contribution in [0.5, 0.6) is 0 Å². The quantitative estimate of drug-likeness (QED) is 0.159. The molecule has 0 saturated carbocycles. The van der Waals surface area contributed by atoms with Crippen LogP contribution in [-0.4, -0.2) is 50.3 Å². The van der Waals surface area contributed by atoms with Crippen LogP contribution in [0.25, 0.3) is 11.2 Å². The van der Waals surface area contributed by atoms with Gasteiger partial charge in [0.1, 0.15) is 23.8 Å². The smallest absolute Gasteiger partial charge is 0.312 e. The Kier molecular flexibility index (Phi) is 7.80. The van der Waals surface area contributed by atoms with Crippen LogP contribution in [0.4, 0.5) is 10.2 Å². The minimum atomic E-state index is -1.31. The molecule has 2 aromatic heterocycles. The molecule has 0 saturated heterocycles. The third-order valence-electron chi connectivity index (χ3n) is 5.67. The molecule has 1 amide bonds. The molecule has 1 aromatic carbocycles. The number of hydrogen-bond donors (Lipinski definition) is 2. The number of rotatable bonds is 9. The fraction of sp³-hybridized carbons (Fsp3) is 0.375. The number of imidazole rings is 1. The Morgan fingerprint density at radius 1 is 1.30 bits per heavy atom. The molecule has 37 heavy (non-hydrogen) atoms. The van der Waals surface area contributed by atoms with Crippen molar-refractivity contribution in [2.75, 3.05) is 19.1 Å². The van der Waals surface area contributed by atoms with Crippen LogP contribution in [0, 0.1) is 9.65 Å². The fourth-order valence-corrected chi connectivity index (χ4v) is 4.74. The number of esters is 1. The fourth-order valence-electron chi connectivity index (χ4n) is 4.04. The summed E-state index contributed by atoms with van der Waals surface area (Å²) < 4.78 is 33.1. The van der Waals surface area contributed by atoms with Crippen LogP contribution in [0.15, 0.2) is 36.3 Å². The highest BCUT2D eigenvalue weighted by Gasteiger charge is 2.33. The van der Waals surface area contributed by atoms with Gasteiger partial charge in [0.2, 0.25) is 6.79 Å². The third kappa shape index (κ3) is 5.76. The van der Waals surface area contributed by atoms with Crippen molar-refractivity contribution in [2.24, 2.45) is 0 Å². The molecule has 1 aliphatic rings. The van der Waals surface area contributed by atoms with Crippen molar-refractivity contribution in [3.63, 3.8) is 0 Å². The maximum Gasteiger partial charge on any atom is 0.312 e. The molecule has 4 rings (SSSR count). The number of aryl methyl sites for hydroxylation is 1. The molecule has 11 nitrogen and oxygen atoms in total. The lowest BCUT2D eigenvalue weighted by molar-refractivity contribution is -0.162. The largest absolute Gasteiger partial charge is 0.462 e. The predicted octanol–water partition coefficient (Wildman–Crippen LogP) is 2.98. The molecule has 3 N–H and O–H groups in total. The number of ether oxygens (including phenoxy) is 3. The van der Waals surface area contributed by atoms with Crippen molar-refractivity contribution in [3.8, 4) is 0 Å². The molecule has 3 heterocycles. The molecule has 196 valence electrons. The zero-order chi connectivity index (χ0) is 26.7. The molecule has 1 aliphatic heterocycles. The van der Waals surface area contributed by atoms with Crippen molar-refractivity contribution in [1.82, 2.24) is 24.8 Å². The number of benzene rings is 1. The molecule has 3 aromatic rings. The van der Waals surface area contributed by atoms with Crippen LogP contribution >= 0.6 is 22.6 Å². The molecular weight excluding hydrogens is 598 g/mol. The average molecular weight is 624 g/mol. The van der Waals surface area contributed by atoms with E-state index >= 15 is 0 Å². The van der Waals surface area contributed by atoms with E-state index in [0.29, 0.717) is 24.5 Å². The third-order valence-corrected chi connectivity index (χ3v) is 6.65. The Morgan fingerprint density at radius 2 is 2.05 bits per heavy atom. The summed E-state index contributed by atoms with van der Waals surface area (Å²) >= 11 is 2.23. The van der Waals surface area contributed by atoms with Crippen molar-refractivity contribution in [3.05, 3.63) is 57.3 Å². The number of nitrogens with zero attached hydrogens (tertiary/aromatic N) is 4. The van der Waals surface area contributed by atoms with Gasteiger partial charge in [-0.1, -0.05) is 18.2 Å². The lowest BCUT2D eigenvalue weighted by atomic mass is 9.96. The molecule has 0 aliphatic carbocycles. The van der Waals surface area contributed by atoms with Gasteiger partial charge in [-0.05, 0) is 54.5 Å². The maximum atomic E-state index is 14.2. The molecule has 1 unspecified atom stereocenters. The Bertz CT molecular complexity index is 1380. The summed E-state index contributed by atoms with van der Waals surface area (Å²) in [5.41, 5.74) is 6.07. The van der Waals surface area contributed by atoms with Gasteiger partial charge < -0.3 is 29.8 Å². The van der Waals surface area contributed by atoms with Crippen molar-refractivity contribution >= 4 is 51.4 Å². The average Bonchev–Trinajstić information content (AvgIpc) is 3.46. The number of nitrogens with two attached hydrogens (primary N) is 1. The van der Waals surface area contributed by atoms with Gasteiger partial charge in [0.15, 0.2) is 22.6 Å². The minimum absolute atomic E-state index is 0.0657. The Balaban J connectivity index is 1.69. The topological polar surface area (TPSA) is 143 Å². The molecule has 0 bridgehead atoms. The van der Waals surface area contributed by atoms with E-state index in [4.69, 9.17) is 24.9 Å². The number of anilines is 1. The number of carbonyl (C=O) groups excluding carboxylic acids is 2. The first-order valence-electron chi connectivity index (χ1n) is 11.4. The van der Waals surface area contributed by atoms with E-state index in [1.165, 1.54) is 27.0 Å². The van der Waals surface area contributed by atoms with Gasteiger partial charge >= 0.3 is 12.0 Å². The first kappa shape index (κ1) is 26.6. The summed E-state index contributed by atoms with van der Waals surface area (Å²) in [6.45, 7) is 4.89. The van der Waals surface area contributed by atoms with E-state index in [0.717, 1.165) is 9.13 Å². The van der Waals surface area contributed by atoms with E-state index in [1.807, 2.05) is 24.3 Å². The Morgan fingerprint density at radius 3 is 2.73 bits per heavy atom. The van der Waals surface area contributed by atoms with Gasteiger partial charge in [-0.3, -0.25) is 9.59 Å². The van der Waals surface area contributed by atoms with Gasteiger partial charge in [0.25, 0.3) is 5.91 Å². The van der Waals surface area contributed by atoms with Crippen LogP contribution in [0.2, 0.25) is 0 Å². The highest BCUT2D eigenvalue weighted by atomic mass is 127. The molecule has 0 fully saturated rings. The second kappa shape index (κ2) is 10.9. The number of nitrogens with one attached hydrogen (secondary N) is 1. The van der Waals surface area contributed by atoms with E-state index < -0.39 is 29.5 Å². The maximum absolute atomic E-state index is 14.2. The lowest BCUT2D eigenvalue weighted by Gasteiger charge is -2.23. The van der Waals surface area contributed by atoms with Crippen LogP contribution < -0.4 is 11.1 Å². The number of allylic oxidation sites excluding steroid dienone is 1. The number of aromatic nitrogens is 4. The van der Waals surface area contributed by atoms with Gasteiger partial charge in [-0.15, -0.1) is 0 Å². The zero-order valence-electron chi connectivity index (χ0n) is 20.5. The Hall–Kier alpha value is -3.49. The van der Waals surface area contributed by atoms with Crippen LogP contribution in [-0.2, 0) is 30.3 Å². The predicted molar refractivity (Wildman–Crippen MR) is 139 cm³/mol. The van der Waals surface area contributed by atoms with Crippen molar-refractivity contribution in [2.45, 2.75) is 45.3 Å². The highest BCUT2D eigenvalue weighted by Crippen LogP contribution is 2.38. The minimum Gasteiger partial charge on any atom is -0.462 e. The number of fused-ring (bicyclic) bond motifs is 1. The summed E-state index contributed by atoms with van der Waals surface area (Å²) in [6, 6.07) is 7.73. The van der Waals surface area contributed by atoms with E-state index in [2.05, 4.69) is 37.9 Å². The summed E-state index contributed by atoms with van der Waals surface area (Å²) in [7, 11) is 0. The number of nitrogen functional groups attached to an aromatic ring is 1. The standard InChI is InChI=1S/C24H26FIN6O5/c1-13(33)37-24(2,3)22(34)28-9-6-10-32-20(29-18-19(27)30-23(25)31-21(18)32)17(16-11-35-12-36-16)14-7-4-5-8-15(14)26/h4-5,7-8,11,17H,6,9-10,12H2,1-3H3,(H,28,34)(H2,27,30,31). The first-order valence-corrected chi connectivity index (χ1v) is 12.5. The first-order chi connectivity index (χ1) is 17.6. The van der Waals surface area contributed by atoms with Crippen molar-refractivity contribution in [1.29, 1.82) is 0 Å². The van der Waals surface area contributed by atoms with Gasteiger partial charge in [-0.2, -0.15) is 14.4 Å². The summed E-state index contributed by atoms with van der Waals surface area (Å²) in [5, 5.41) is 2.77. The number of halogens is 2. The van der Waals surface area contributed by atoms with E-state index in [9.17, 15) is 14.0 Å². The molecule has 0 radical (unpaired) electrons.